The molecule has 3 N–H and O–H groups in total. The Labute approximate surface area is 184 Å². The number of aliphatic imine (C=N–C) groups is 1. The second-order valence-corrected chi connectivity index (χ2v) is 8.01. The number of amides is 1. The Morgan fingerprint density at radius 1 is 1.06 bits per heavy atom. The average molecular weight is 447 g/mol. The summed E-state index contributed by atoms with van der Waals surface area (Å²) in [5.41, 5.74) is 2.48. The molecule has 9 heteroatoms. The van der Waals surface area contributed by atoms with Gasteiger partial charge in [-0.25, -0.2) is 4.99 Å². The molecule has 2 aromatic rings. The van der Waals surface area contributed by atoms with Crippen molar-refractivity contribution in [3.63, 3.8) is 0 Å². The predicted molar refractivity (Wildman–Crippen MR) is 114 cm³/mol. The molecule has 2 aromatic carbocycles. The van der Waals surface area contributed by atoms with Gasteiger partial charge in [0.1, 0.15) is 18.3 Å². The molecule has 8 nitrogen and oxygen atoms in total. The second kappa shape index (κ2) is 8.66. The number of likely N-dealkylation sites (N-methyl/N-ethyl adjacent to an activating group) is 1. The van der Waals surface area contributed by atoms with Gasteiger partial charge < -0.3 is 29.7 Å². The Balaban J connectivity index is 1.76. The standard InChI is InChI=1S/C22H23ClN2O6/c1-11-17(26)18(27)19(28)22(30-11)31-20-21(29)25(2)15-9-8-13(23)10-14(15)16(24-20)12-6-4-3-5-7-12/h3-11,17-20,22,26-28H,1-2H3/t11-,17-,18+,19-,20?,22?/m1/s1. The Kier molecular flexibility index (Phi) is 6.11. The zero-order valence-corrected chi connectivity index (χ0v) is 17.7. The van der Waals surface area contributed by atoms with Gasteiger partial charge in [-0.15, -0.1) is 0 Å². The predicted octanol–water partition coefficient (Wildman–Crippen LogP) is 1.32. The maximum atomic E-state index is 13.2. The molecule has 0 aromatic heterocycles. The molecule has 31 heavy (non-hydrogen) atoms. The van der Waals surface area contributed by atoms with Crippen LogP contribution in [0.2, 0.25) is 5.02 Å². The monoisotopic (exact) mass is 446 g/mol. The number of halogens is 1. The minimum atomic E-state index is -1.56. The van der Waals surface area contributed by atoms with E-state index in [2.05, 4.69) is 4.99 Å². The minimum absolute atomic E-state index is 0.486. The lowest BCUT2D eigenvalue weighted by atomic mass is 10.00. The zero-order valence-electron chi connectivity index (χ0n) is 16.9. The van der Waals surface area contributed by atoms with Crippen molar-refractivity contribution < 1.29 is 29.6 Å². The molecule has 164 valence electrons. The molecule has 0 aliphatic carbocycles. The molecular formula is C22H23ClN2O6. The molecule has 1 fully saturated rings. The van der Waals surface area contributed by atoms with Crippen molar-refractivity contribution in [2.75, 3.05) is 11.9 Å². The third kappa shape index (κ3) is 4.10. The number of benzodiazepines with no additional fused rings is 1. The van der Waals surface area contributed by atoms with E-state index < -0.39 is 42.8 Å². The van der Waals surface area contributed by atoms with Gasteiger partial charge in [-0.3, -0.25) is 4.79 Å². The number of hydrogen-bond donors (Lipinski definition) is 3. The van der Waals surface area contributed by atoms with Gasteiger partial charge in [-0.1, -0.05) is 41.9 Å². The van der Waals surface area contributed by atoms with Crippen LogP contribution in [-0.2, 0) is 14.3 Å². The lowest BCUT2D eigenvalue weighted by Crippen LogP contribution is -2.58. The van der Waals surface area contributed by atoms with Crippen molar-refractivity contribution in [1.29, 1.82) is 0 Å². The number of aliphatic hydroxyl groups excluding tert-OH is 3. The third-order valence-corrected chi connectivity index (χ3v) is 5.72. The maximum Gasteiger partial charge on any atom is 0.278 e. The Bertz CT molecular complexity index is 1000. The van der Waals surface area contributed by atoms with Gasteiger partial charge in [0, 0.05) is 23.2 Å². The number of carbonyl (C=O) groups excluding carboxylic acids is 1. The summed E-state index contributed by atoms with van der Waals surface area (Å²) < 4.78 is 11.3. The van der Waals surface area contributed by atoms with E-state index >= 15 is 0 Å². The fourth-order valence-corrected chi connectivity index (χ4v) is 3.86. The first-order valence-electron chi connectivity index (χ1n) is 9.83. The highest BCUT2D eigenvalue weighted by molar-refractivity contribution is 6.32. The summed E-state index contributed by atoms with van der Waals surface area (Å²) in [6.45, 7) is 1.54. The molecule has 2 aliphatic rings. The van der Waals surface area contributed by atoms with Crippen LogP contribution in [0.15, 0.2) is 53.5 Å². The number of anilines is 1. The van der Waals surface area contributed by atoms with E-state index in [9.17, 15) is 20.1 Å². The quantitative estimate of drug-likeness (QED) is 0.655. The van der Waals surface area contributed by atoms with Crippen molar-refractivity contribution in [3.05, 3.63) is 64.7 Å². The highest BCUT2D eigenvalue weighted by Crippen LogP contribution is 2.31. The molecule has 2 unspecified atom stereocenters. The van der Waals surface area contributed by atoms with Crippen LogP contribution in [0, 0.1) is 0 Å². The number of hydrogen-bond acceptors (Lipinski definition) is 7. The van der Waals surface area contributed by atoms with Crippen LogP contribution in [0.3, 0.4) is 0 Å². The Morgan fingerprint density at radius 2 is 1.77 bits per heavy atom. The number of rotatable bonds is 3. The summed E-state index contributed by atoms with van der Waals surface area (Å²) >= 11 is 6.23. The minimum Gasteiger partial charge on any atom is -0.388 e. The fraction of sp³-hybridized carbons (Fsp3) is 0.364. The smallest absolute Gasteiger partial charge is 0.278 e. The first-order valence-corrected chi connectivity index (χ1v) is 10.2. The first kappa shape index (κ1) is 21.9. The van der Waals surface area contributed by atoms with Crippen LogP contribution in [-0.4, -0.2) is 70.9 Å². The average Bonchev–Trinajstić information content (AvgIpc) is 2.87. The third-order valence-electron chi connectivity index (χ3n) is 5.48. The number of aliphatic hydroxyl groups is 3. The van der Waals surface area contributed by atoms with Crippen LogP contribution >= 0.6 is 11.6 Å². The lowest BCUT2D eigenvalue weighted by molar-refractivity contribution is -0.300. The summed E-state index contributed by atoms with van der Waals surface area (Å²) in [5.74, 6) is -0.487. The SMILES string of the molecule is C[C@H]1OC(OC2N=C(c3ccccc3)c3cc(Cl)ccc3N(C)C2=O)[C@H](O)[C@@H](O)[C@@H]1O. The van der Waals surface area contributed by atoms with Crippen LogP contribution in [0.5, 0.6) is 0 Å². The molecule has 1 amide bonds. The summed E-state index contributed by atoms with van der Waals surface area (Å²) in [6.07, 6.45) is -7.85. The lowest BCUT2D eigenvalue weighted by Gasteiger charge is -2.39. The van der Waals surface area contributed by atoms with Crippen LogP contribution in [0.25, 0.3) is 0 Å². The van der Waals surface area contributed by atoms with Gasteiger partial charge in [0.2, 0.25) is 6.23 Å². The largest absolute Gasteiger partial charge is 0.388 e. The van der Waals surface area contributed by atoms with E-state index in [0.717, 1.165) is 5.56 Å². The van der Waals surface area contributed by atoms with Gasteiger partial charge in [-0.2, -0.15) is 0 Å². The second-order valence-electron chi connectivity index (χ2n) is 7.57. The summed E-state index contributed by atoms with van der Waals surface area (Å²) in [4.78, 5) is 19.2. The maximum absolute atomic E-state index is 13.2. The van der Waals surface area contributed by atoms with E-state index in [1.807, 2.05) is 30.3 Å². The molecule has 0 bridgehead atoms. The molecule has 2 heterocycles. The van der Waals surface area contributed by atoms with Crippen LogP contribution in [0.1, 0.15) is 18.1 Å². The zero-order chi connectivity index (χ0) is 22.3. The molecule has 1 saturated heterocycles. The highest BCUT2D eigenvalue weighted by Gasteiger charge is 2.45. The topological polar surface area (TPSA) is 112 Å². The molecule has 4 rings (SSSR count). The van der Waals surface area contributed by atoms with Crippen LogP contribution < -0.4 is 4.90 Å². The normalized spacial score (nSPS) is 31.1. The van der Waals surface area contributed by atoms with E-state index in [1.54, 1.807) is 25.2 Å². The van der Waals surface area contributed by atoms with Crippen molar-refractivity contribution in [3.8, 4) is 0 Å². The van der Waals surface area contributed by atoms with E-state index in [4.69, 9.17) is 21.1 Å². The molecular weight excluding hydrogens is 424 g/mol. The summed E-state index contributed by atoms with van der Waals surface area (Å²) in [5, 5.41) is 30.8. The van der Waals surface area contributed by atoms with Crippen molar-refractivity contribution in [2.45, 2.75) is 43.9 Å². The van der Waals surface area contributed by atoms with E-state index in [0.29, 0.717) is 22.0 Å². The van der Waals surface area contributed by atoms with Crippen molar-refractivity contribution in [1.82, 2.24) is 0 Å². The van der Waals surface area contributed by atoms with Gasteiger partial charge in [0.25, 0.3) is 5.91 Å². The van der Waals surface area contributed by atoms with E-state index in [-0.39, 0.29) is 0 Å². The number of benzene rings is 2. The molecule has 6 atom stereocenters. The van der Waals surface area contributed by atoms with Gasteiger partial charge in [0.05, 0.1) is 17.5 Å². The van der Waals surface area contributed by atoms with Gasteiger partial charge in [-0.05, 0) is 25.1 Å². The summed E-state index contributed by atoms with van der Waals surface area (Å²) in [7, 11) is 1.59. The Hall–Kier alpha value is -2.33. The highest BCUT2D eigenvalue weighted by atomic mass is 35.5. The first-order chi connectivity index (χ1) is 14.8. The number of ether oxygens (including phenoxy) is 2. The van der Waals surface area contributed by atoms with E-state index in [1.165, 1.54) is 11.8 Å². The molecule has 2 aliphatic heterocycles. The fourth-order valence-electron chi connectivity index (χ4n) is 3.68. The molecule has 0 spiro atoms. The van der Waals surface area contributed by atoms with Crippen LogP contribution in [0.4, 0.5) is 5.69 Å². The number of fused-ring (bicyclic) bond motifs is 1. The van der Waals surface area contributed by atoms with Gasteiger partial charge >= 0.3 is 0 Å². The summed E-state index contributed by atoms with van der Waals surface area (Å²) in [6, 6.07) is 14.4. The number of carbonyl (C=O) groups is 1. The van der Waals surface area contributed by atoms with Gasteiger partial charge in [0.15, 0.2) is 6.29 Å². The molecule has 0 radical (unpaired) electrons. The van der Waals surface area contributed by atoms with Crippen molar-refractivity contribution >= 4 is 28.9 Å². The van der Waals surface area contributed by atoms with Crippen molar-refractivity contribution in [2.24, 2.45) is 4.99 Å². The molecule has 0 saturated carbocycles. The Morgan fingerprint density at radius 3 is 2.48 bits per heavy atom. The number of nitrogens with zero attached hydrogens (tertiary/aromatic N) is 2.